The topological polar surface area (TPSA) is 235 Å². The number of carbonyl (C=O) groups is 8. The lowest BCUT2D eigenvalue weighted by molar-refractivity contribution is -0.148. The highest BCUT2D eigenvalue weighted by atomic mass is 16.5. The van der Waals surface area contributed by atoms with E-state index in [1.165, 1.54) is 24.2 Å². The van der Waals surface area contributed by atoms with Gasteiger partial charge in [0.25, 0.3) is 11.8 Å². The summed E-state index contributed by atoms with van der Waals surface area (Å²) in [5.41, 5.74) is 0.851. The Morgan fingerprint density at radius 1 is 0.750 bits per heavy atom. The van der Waals surface area contributed by atoms with E-state index in [1.807, 2.05) is 90.9 Å². The number of methoxy groups -OCH3 is 2. The number of unbranched alkanes of at least 4 members (excludes halogenated alkanes) is 2. The SMILES string of the molecule is CC[C@H](C)[C@@H]([C@@H](CC(=O)N1CCC[C@H]1[C@H](OC)[C@@H](C)C(=O)N[C@H](Cc1ccccc1)C(=O)NCCOCCOCCNC(=O)CCCCCN1C(=O)C=CC1=O)OC)N(C)C(=O)[C@@H](NC(=O)[C@H](C(C)C)N(C)C)C(C)C. The molecule has 0 spiro atoms. The molecule has 1 aromatic carbocycles. The number of imide groups is 1. The fourth-order valence-corrected chi connectivity index (χ4v) is 10.2. The first kappa shape index (κ1) is 65.0. The summed E-state index contributed by atoms with van der Waals surface area (Å²) in [6.07, 6.45) is 5.65. The summed E-state index contributed by atoms with van der Waals surface area (Å²) in [5.74, 6) is -3.20. The van der Waals surface area contributed by atoms with Gasteiger partial charge in [0.2, 0.25) is 35.4 Å². The molecule has 0 bridgehead atoms. The van der Waals surface area contributed by atoms with Gasteiger partial charge >= 0.3 is 0 Å². The second-order valence-electron chi connectivity index (χ2n) is 21.1. The summed E-state index contributed by atoms with van der Waals surface area (Å²) in [5, 5.41) is 11.7. The predicted molar refractivity (Wildman–Crippen MR) is 289 cm³/mol. The molecule has 0 aromatic heterocycles. The zero-order valence-corrected chi connectivity index (χ0v) is 47.6. The molecule has 0 radical (unpaired) electrons. The van der Waals surface area contributed by atoms with Crippen LogP contribution in [-0.4, -0.2) is 197 Å². The van der Waals surface area contributed by atoms with Gasteiger partial charge in [-0.2, -0.15) is 0 Å². The number of hydrogen-bond acceptors (Lipinski definition) is 13. The van der Waals surface area contributed by atoms with Crippen molar-refractivity contribution in [1.29, 1.82) is 0 Å². The van der Waals surface area contributed by atoms with Crippen molar-refractivity contribution in [2.75, 3.05) is 88.0 Å². The molecule has 3 rings (SSSR count). The van der Waals surface area contributed by atoms with E-state index in [0.29, 0.717) is 71.2 Å². The number of amides is 8. The van der Waals surface area contributed by atoms with Crippen LogP contribution in [0.1, 0.15) is 105 Å². The minimum absolute atomic E-state index is 0.0169. The van der Waals surface area contributed by atoms with Crippen LogP contribution >= 0.6 is 0 Å². The second kappa shape index (κ2) is 33.8. The Morgan fingerprint density at radius 2 is 1.38 bits per heavy atom. The maximum absolute atomic E-state index is 14.5. The quantitative estimate of drug-likeness (QED) is 0.0560. The Bertz CT molecular complexity index is 2010. The van der Waals surface area contributed by atoms with E-state index in [-0.39, 0.29) is 98.3 Å². The minimum Gasteiger partial charge on any atom is -0.379 e. The minimum atomic E-state index is -0.925. The summed E-state index contributed by atoms with van der Waals surface area (Å²) in [6, 6.07) is 6.28. The van der Waals surface area contributed by atoms with E-state index >= 15 is 0 Å². The molecular weight excluding hydrogens is 977 g/mol. The third-order valence-electron chi connectivity index (χ3n) is 14.5. The molecule has 20 heteroatoms. The van der Waals surface area contributed by atoms with E-state index in [4.69, 9.17) is 18.9 Å². The highest BCUT2D eigenvalue weighted by Crippen LogP contribution is 2.30. The Hall–Kier alpha value is -5.28. The summed E-state index contributed by atoms with van der Waals surface area (Å²) >= 11 is 0. The van der Waals surface area contributed by atoms with E-state index < -0.39 is 54.2 Å². The van der Waals surface area contributed by atoms with Crippen LogP contribution in [0.2, 0.25) is 0 Å². The van der Waals surface area contributed by atoms with Gasteiger partial charge in [0, 0.05) is 72.4 Å². The van der Waals surface area contributed by atoms with Crippen LogP contribution in [0.3, 0.4) is 0 Å². The number of benzene rings is 1. The van der Waals surface area contributed by atoms with Crippen molar-refractivity contribution in [3.8, 4) is 0 Å². The van der Waals surface area contributed by atoms with Crippen molar-refractivity contribution in [2.45, 2.75) is 149 Å². The van der Waals surface area contributed by atoms with Crippen LogP contribution in [0, 0.1) is 23.7 Å². The van der Waals surface area contributed by atoms with Gasteiger partial charge in [-0.25, -0.2) is 0 Å². The number of nitrogens with zero attached hydrogens (tertiary/aromatic N) is 4. The lowest BCUT2D eigenvalue weighted by Crippen LogP contribution is -2.59. The van der Waals surface area contributed by atoms with Crippen molar-refractivity contribution in [1.82, 2.24) is 40.9 Å². The number of carbonyl (C=O) groups excluding carboxylic acids is 8. The van der Waals surface area contributed by atoms with E-state index in [2.05, 4.69) is 21.3 Å². The molecule has 0 unspecified atom stereocenters. The molecule has 2 aliphatic heterocycles. The fourth-order valence-electron chi connectivity index (χ4n) is 10.2. The molecule has 9 atom stereocenters. The van der Waals surface area contributed by atoms with Gasteiger partial charge in [-0.05, 0) is 63.1 Å². The molecule has 1 saturated heterocycles. The number of likely N-dealkylation sites (N-methyl/N-ethyl adjacent to an activating group) is 2. The van der Waals surface area contributed by atoms with Crippen LogP contribution in [0.15, 0.2) is 42.5 Å². The molecule has 1 fully saturated rings. The zero-order chi connectivity index (χ0) is 56.5. The van der Waals surface area contributed by atoms with Crippen LogP contribution in [-0.2, 0) is 63.7 Å². The average molecular weight is 1070 g/mol. The van der Waals surface area contributed by atoms with Gasteiger partial charge in [-0.1, -0.05) is 91.6 Å². The van der Waals surface area contributed by atoms with Crippen molar-refractivity contribution < 1.29 is 57.3 Å². The molecule has 0 saturated carbocycles. The maximum Gasteiger partial charge on any atom is 0.253 e. The van der Waals surface area contributed by atoms with Gasteiger partial charge in [-0.3, -0.25) is 48.2 Å². The van der Waals surface area contributed by atoms with E-state index in [0.717, 1.165) is 5.56 Å². The Balaban J connectivity index is 1.55. The summed E-state index contributed by atoms with van der Waals surface area (Å²) < 4.78 is 23.3. The molecule has 8 amide bonds. The molecule has 428 valence electrons. The summed E-state index contributed by atoms with van der Waals surface area (Å²) in [7, 11) is 8.47. The second-order valence-corrected chi connectivity index (χ2v) is 21.1. The average Bonchev–Trinajstić information content (AvgIpc) is 4.00. The van der Waals surface area contributed by atoms with Gasteiger partial charge in [0.15, 0.2) is 0 Å². The monoisotopic (exact) mass is 1070 g/mol. The molecule has 4 N–H and O–H groups in total. The van der Waals surface area contributed by atoms with Crippen molar-refractivity contribution in [2.24, 2.45) is 23.7 Å². The number of likely N-dealkylation sites (tertiary alicyclic amines) is 1. The fraction of sp³-hybridized carbons (Fsp3) is 0.714. The Kier molecular flexibility index (Phi) is 28.9. The van der Waals surface area contributed by atoms with Gasteiger partial charge in [0.05, 0.1) is 69.1 Å². The third-order valence-corrected chi connectivity index (χ3v) is 14.5. The van der Waals surface area contributed by atoms with Crippen LogP contribution in [0.25, 0.3) is 0 Å². The molecule has 2 heterocycles. The standard InChI is InChI=1S/C56H92N8O12/c1-13-39(6)51(62(10)56(72)49(37(2)3)60-55(71)50(38(4)5)61(8)9)44(73-11)36-48(68)63-30-20-23-43(63)52(74-12)40(7)53(69)59-42(35-41-21-16-14-17-22-41)54(70)58-28-32-76-34-33-75-31-27-57-45(65)24-18-15-19-29-64-46(66)25-26-47(64)67/h14,16-17,21-22,25-26,37-40,42-44,49-52H,13,15,18-20,23-24,27-36H2,1-12H3,(H,57,65)(H,58,70)(H,59,69)(H,60,71)/t39-,40+,42+,43-,44+,49-,50-,51-,52+/m0/s1. The Morgan fingerprint density at radius 3 is 1.95 bits per heavy atom. The van der Waals surface area contributed by atoms with E-state index in [1.54, 1.807) is 30.9 Å². The normalized spacial score (nSPS) is 17.8. The third kappa shape index (κ3) is 20.3. The van der Waals surface area contributed by atoms with Gasteiger partial charge < -0.3 is 50.0 Å². The number of nitrogens with one attached hydrogen (secondary N) is 4. The summed E-state index contributed by atoms with van der Waals surface area (Å²) in [4.78, 5) is 112. The molecule has 20 nitrogen and oxygen atoms in total. The van der Waals surface area contributed by atoms with Crippen molar-refractivity contribution in [3.63, 3.8) is 0 Å². The number of ether oxygens (including phenoxy) is 4. The largest absolute Gasteiger partial charge is 0.379 e. The molecule has 76 heavy (non-hydrogen) atoms. The van der Waals surface area contributed by atoms with Gasteiger partial charge in [-0.15, -0.1) is 0 Å². The first-order valence-corrected chi connectivity index (χ1v) is 27.3. The maximum atomic E-state index is 14.5. The highest BCUT2D eigenvalue weighted by Gasteiger charge is 2.43. The first-order valence-electron chi connectivity index (χ1n) is 27.3. The smallest absolute Gasteiger partial charge is 0.253 e. The van der Waals surface area contributed by atoms with Crippen molar-refractivity contribution >= 4 is 47.3 Å². The van der Waals surface area contributed by atoms with Crippen molar-refractivity contribution in [3.05, 3.63) is 48.0 Å². The van der Waals surface area contributed by atoms with Crippen LogP contribution in [0.5, 0.6) is 0 Å². The lowest BCUT2D eigenvalue weighted by Gasteiger charge is -2.41. The molecule has 2 aliphatic rings. The zero-order valence-electron chi connectivity index (χ0n) is 47.6. The molecule has 1 aromatic rings. The first-order chi connectivity index (χ1) is 36.2. The van der Waals surface area contributed by atoms with E-state index in [9.17, 15) is 38.4 Å². The lowest BCUT2D eigenvalue weighted by atomic mass is 9.89. The van der Waals surface area contributed by atoms with Crippen LogP contribution in [0.4, 0.5) is 0 Å². The molecule has 0 aliphatic carbocycles. The summed E-state index contributed by atoms with van der Waals surface area (Å²) in [6.45, 7) is 15.9. The number of hydrogen-bond donors (Lipinski definition) is 4. The van der Waals surface area contributed by atoms with Gasteiger partial charge in [0.1, 0.15) is 12.1 Å². The highest BCUT2D eigenvalue weighted by molar-refractivity contribution is 6.12. The van der Waals surface area contributed by atoms with Crippen LogP contribution < -0.4 is 21.3 Å². The molecular formula is C56H92N8O12. The number of rotatable bonds is 36. The Labute approximate surface area is 452 Å². The predicted octanol–water partition coefficient (Wildman–Crippen LogP) is 3.11.